The van der Waals surface area contributed by atoms with Gasteiger partial charge in [-0.3, -0.25) is 0 Å². The number of hydrogen-bond acceptors (Lipinski definition) is 3. The number of alkyl halides is 3. The zero-order valence-corrected chi connectivity index (χ0v) is 9.10. The van der Waals surface area contributed by atoms with Crippen LogP contribution >= 0.6 is 12.4 Å². The van der Waals surface area contributed by atoms with Crippen LogP contribution in [-0.2, 0) is 0 Å². The molecule has 0 saturated heterocycles. The summed E-state index contributed by atoms with van der Waals surface area (Å²) in [6.45, 7) is 0. The standard InChI is InChI=1S/C9H10F3NO2.ClH/c1-15-7-3-2-5(4-6(7)14)8(13)9(10,11)12;/h2-4,8,14H,13H2,1H3;1H/t8-;/m1./s1. The Morgan fingerprint density at radius 2 is 1.94 bits per heavy atom. The Morgan fingerprint density at radius 1 is 1.38 bits per heavy atom. The van der Waals surface area contributed by atoms with Crippen LogP contribution in [0.3, 0.4) is 0 Å². The third kappa shape index (κ3) is 3.18. The molecule has 0 aliphatic carbocycles. The lowest BCUT2D eigenvalue weighted by atomic mass is 10.1. The van der Waals surface area contributed by atoms with Crippen LogP contribution in [-0.4, -0.2) is 18.4 Å². The van der Waals surface area contributed by atoms with Crippen LogP contribution in [0.1, 0.15) is 11.6 Å². The number of nitrogens with two attached hydrogens (primary N) is 1. The van der Waals surface area contributed by atoms with Crippen LogP contribution < -0.4 is 10.5 Å². The molecule has 0 spiro atoms. The molecule has 0 aliphatic rings. The Bertz CT molecular complexity index is 357. The van der Waals surface area contributed by atoms with E-state index in [4.69, 9.17) is 10.5 Å². The molecule has 0 unspecified atom stereocenters. The molecule has 1 atom stereocenters. The molecule has 3 N–H and O–H groups in total. The zero-order chi connectivity index (χ0) is 11.6. The highest BCUT2D eigenvalue weighted by molar-refractivity contribution is 5.85. The van der Waals surface area contributed by atoms with Gasteiger partial charge in [0.1, 0.15) is 6.04 Å². The molecule has 0 aromatic heterocycles. The first-order valence-electron chi connectivity index (χ1n) is 4.05. The summed E-state index contributed by atoms with van der Waals surface area (Å²) in [5.41, 5.74) is 4.75. The van der Waals surface area contributed by atoms with E-state index in [0.29, 0.717) is 0 Å². The fraction of sp³-hybridized carbons (Fsp3) is 0.333. The minimum atomic E-state index is -4.53. The predicted molar refractivity (Wildman–Crippen MR) is 54.9 cm³/mol. The van der Waals surface area contributed by atoms with E-state index in [0.717, 1.165) is 12.1 Å². The summed E-state index contributed by atoms with van der Waals surface area (Å²) in [7, 11) is 1.30. The van der Waals surface area contributed by atoms with Gasteiger partial charge in [-0.1, -0.05) is 6.07 Å². The smallest absolute Gasteiger partial charge is 0.407 e. The van der Waals surface area contributed by atoms with Gasteiger partial charge >= 0.3 is 6.18 Å². The molecule has 0 fully saturated rings. The fourth-order valence-corrected chi connectivity index (χ4v) is 1.09. The predicted octanol–water partition coefficient (Wildman–Crippen LogP) is 2.38. The van der Waals surface area contributed by atoms with Crippen molar-refractivity contribution >= 4 is 12.4 Å². The van der Waals surface area contributed by atoms with Gasteiger partial charge < -0.3 is 15.6 Å². The Hall–Kier alpha value is -1.14. The third-order valence-corrected chi connectivity index (χ3v) is 1.91. The molecule has 0 aliphatic heterocycles. The Labute approximate surface area is 96.4 Å². The van der Waals surface area contributed by atoms with E-state index in [1.165, 1.54) is 13.2 Å². The number of ether oxygens (including phenoxy) is 1. The zero-order valence-electron chi connectivity index (χ0n) is 8.28. The molecular weight excluding hydrogens is 247 g/mol. The second-order valence-electron chi connectivity index (χ2n) is 2.95. The maximum absolute atomic E-state index is 12.2. The molecule has 0 amide bonds. The summed E-state index contributed by atoms with van der Waals surface area (Å²) in [6.07, 6.45) is -4.53. The number of phenols is 1. The molecule has 92 valence electrons. The number of phenolic OH excluding ortho intramolecular Hbond substituents is 1. The number of halogens is 4. The SMILES string of the molecule is COc1ccc([C@@H](N)C(F)(F)F)cc1O.Cl. The van der Waals surface area contributed by atoms with E-state index >= 15 is 0 Å². The molecule has 0 saturated carbocycles. The number of rotatable bonds is 2. The quantitative estimate of drug-likeness (QED) is 0.855. The average Bonchev–Trinajstić information content (AvgIpc) is 2.15. The highest BCUT2D eigenvalue weighted by Crippen LogP contribution is 2.34. The maximum atomic E-state index is 12.2. The van der Waals surface area contributed by atoms with E-state index in [9.17, 15) is 18.3 Å². The van der Waals surface area contributed by atoms with Gasteiger partial charge in [-0.15, -0.1) is 12.4 Å². The average molecular weight is 258 g/mol. The lowest BCUT2D eigenvalue weighted by molar-refractivity contribution is -0.149. The first-order valence-corrected chi connectivity index (χ1v) is 4.05. The van der Waals surface area contributed by atoms with E-state index in [1.807, 2.05) is 0 Å². The molecular formula is C9H11ClF3NO2. The Balaban J connectivity index is 0.00000225. The van der Waals surface area contributed by atoms with Crippen LogP contribution in [0.5, 0.6) is 11.5 Å². The second kappa shape index (κ2) is 5.27. The number of aromatic hydroxyl groups is 1. The van der Waals surface area contributed by atoms with Crippen molar-refractivity contribution in [2.45, 2.75) is 12.2 Å². The van der Waals surface area contributed by atoms with Gasteiger partial charge in [0.05, 0.1) is 7.11 Å². The van der Waals surface area contributed by atoms with Crippen molar-refractivity contribution in [3.05, 3.63) is 23.8 Å². The summed E-state index contributed by atoms with van der Waals surface area (Å²) < 4.78 is 41.3. The van der Waals surface area contributed by atoms with Gasteiger partial charge in [0.2, 0.25) is 0 Å². The highest BCUT2D eigenvalue weighted by atomic mass is 35.5. The maximum Gasteiger partial charge on any atom is 0.407 e. The first kappa shape index (κ1) is 14.9. The van der Waals surface area contributed by atoms with E-state index in [1.54, 1.807) is 0 Å². The largest absolute Gasteiger partial charge is 0.504 e. The van der Waals surface area contributed by atoms with Crippen LogP contribution in [0, 0.1) is 0 Å². The van der Waals surface area contributed by atoms with Crippen molar-refractivity contribution in [2.24, 2.45) is 5.73 Å². The number of hydrogen-bond donors (Lipinski definition) is 2. The second-order valence-corrected chi connectivity index (χ2v) is 2.95. The molecule has 1 rings (SSSR count). The van der Waals surface area contributed by atoms with Crippen LogP contribution in [0.4, 0.5) is 13.2 Å². The van der Waals surface area contributed by atoms with Crippen molar-refractivity contribution in [3.63, 3.8) is 0 Å². The molecule has 16 heavy (non-hydrogen) atoms. The highest BCUT2D eigenvalue weighted by Gasteiger charge is 2.38. The van der Waals surface area contributed by atoms with Crippen LogP contribution in [0.25, 0.3) is 0 Å². The van der Waals surface area contributed by atoms with Gasteiger partial charge in [0.15, 0.2) is 11.5 Å². The van der Waals surface area contributed by atoms with Gasteiger partial charge in [-0.25, -0.2) is 0 Å². The molecule has 0 bridgehead atoms. The molecule has 1 aromatic rings. The van der Waals surface area contributed by atoms with Crippen molar-refractivity contribution < 1.29 is 23.0 Å². The van der Waals surface area contributed by atoms with Crippen LogP contribution in [0.15, 0.2) is 18.2 Å². The van der Waals surface area contributed by atoms with Crippen molar-refractivity contribution in [1.82, 2.24) is 0 Å². The minimum absolute atomic E-state index is 0. The van der Waals surface area contributed by atoms with Crippen LogP contribution in [0.2, 0.25) is 0 Å². The molecule has 7 heteroatoms. The fourth-order valence-electron chi connectivity index (χ4n) is 1.09. The van der Waals surface area contributed by atoms with E-state index < -0.39 is 12.2 Å². The molecule has 0 heterocycles. The molecule has 3 nitrogen and oxygen atoms in total. The summed E-state index contributed by atoms with van der Waals surface area (Å²) in [5, 5.41) is 9.26. The summed E-state index contributed by atoms with van der Waals surface area (Å²) >= 11 is 0. The lowest BCUT2D eigenvalue weighted by Crippen LogP contribution is -2.28. The summed E-state index contributed by atoms with van der Waals surface area (Å²) in [4.78, 5) is 0. The lowest BCUT2D eigenvalue weighted by Gasteiger charge is -2.16. The number of benzene rings is 1. The monoisotopic (exact) mass is 257 g/mol. The van der Waals surface area contributed by atoms with Gasteiger partial charge in [-0.2, -0.15) is 13.2 Å². The Morgan fingerprint density at radius 3 is 2.31 bits per heavy atom. The van der Waals surface area contributed by atoms with Crippen molar-refractivity contribution in [1.29, 1.82) is 0 Å². The molecule has 1 aromatic carbocycles. The first-order chi connectivity index (χ1) is 6.86. The Kier molecular flexibility index (Phi) is 4.89. The summed E-state index contributed by atoms with van der Waals surface area (Å²) in [5.74, 6) is -0.261. The van der Waals surface area contributed by atoms with Crippen molar-refractivity contribution in [3.8, 4) is 11.5 Å². The van der Waals surface area contributed by atoms with E-state index in [2.05, 4.69) is 0 Å². The van der Waals surface area contributed by atoms with Gasteiger partial charge in [0.25, 0.3) is 0 Å². The third-order valence-electron chi connectivity index (χ3n) is 1.91. The topological polar surface area (TPSA) is 55.5 Å². The summed E-state index contributed by atoms with van der Waals surface area (Å²) in [6, 6.07) is 1.23. The minimum Gasteiger partial charge on any atom is -0.504 e. The molecule has 0 radical (unpaired) electrons. The number of methoxy groups -OCH3 is 1. The van der Waals surface area contributed by atoms with Crippen molar-refractivity contribution in [2.75, 3.05) is 7.11 Å². The van der Waals surface area contributed by atoms with Gasteiger partial charge in [-0.05, 0) is 17.7 Å². The van der Waals surface area contributed by atoms with Gasteiger partial charge in [0, 0.05) is 0 Å². The van der Waals surface area contributed by atoms with E-state index in [-0.39, 0.29) is 29.5 Å². The normalized spacial score (nSPS) is 12.8.